The first-order valence-electron chi connectivity index (χ1n) is 8.20. The van der Waals surface area contributed by atoms with Crippen molar-refractivity contribution in [2.24, 2.45) is 0 Å². The molecule has 0 fully saturated rings. The minimum absolute atomic E-state index is 0.414. The summed E-state index contributed by atoms with van der Waals surface area (Å²) >= 11 is 0. The van der Waals surface area contributed by atoms with Crippen LogP contribution in [0.15, 0.2) is 60.8 Å². The molecule has 0 radical (unpaired) electrons. The molecule has 2 aromatic carbocycles. The zero-order chi connectivity index (χ0) is 18.4. The predicted octanol–water partition coefficient (Wildman–Crippen LogP) is 3.91. The molecule has 0 saturated heterocycles. The number of pyridine rings is 1. The number of rotatable bonds is 5. The highest BCUT2D eigenvalue weighted by Gasteiger charge is 2.13. The molecule has 1 N–H and O–H groups in total. The molecule has 0 unspecified atom stereocenters. The standard InChI is InChI=1S/C21H19N3O2/c1-3-14-24(2)15-16-11-12-19(20-18(16)10-7-13-22-20)26-21(25)23-17-8-5-4-6-9-17/h1,4-13H,14-15H2,2H3,(H,23,25). The summed E-state index contributed by atoms with van der Waals surface area (Å²) in [5.41, 5.74) is 2.38. The summed E-state index contributed by atoms with van der Waals surface area (Å²) in [4.78, 5) is 18.6. The fraction of sp³-hybridized carbons (Fsp3) is 0.143. The fourth-order valence-electron chi connectivity index (χ4n) is 2.69. The zero-order valence-corrected chi connectivity index (χ0v) is 14.5. The number of nitrogens with zero attached hydrogens (tertiary/aromatic N) is 2. The van der Waals surface area contributed by atoms with Crippen molar-refractivity contribution in [3.63, 3.8) is 0 Å². The lowest BCUT2D eigenvalue weighted by Gasteiger charge is -2.16. The number of nitrogens with one attached hydrogen (secondary N) is 1. The summed E-state index contributed by atoms with van der Waals surface area (Å²) in [5, 5.41) is 3.63. The maximum Gasteiger partial charge on any atom is 0.417 e. The van der Waals surface area contributed by atoms with Crippen molar-refractivity contribution < 1.29 is 9.53 Å². The van der Waals surface area contributed by atoms with Crippen molar-refractivity contribution in [3.05, 3.63) is 66.4 Å². The minimum atomic E-state index is -0.555. The van der Waals surface area contributed by atoms with Gasteiger partial charge in [0.25, 0.3) is 0 Å². The quantitative estimate of drug-likeness (QED) is 0.712. The van der Waals surface area contributed by atoms with E-state index >= 15 is 0 Å². The summed E-state index contributed by atoms with van der Waals surface area (Å²) < 4.78 is 5.48. The van der Waals surface area contributed by atoms with Crippen molar-refractivity contribution in [1.82, 2.24) is 9.88 Å². The maximum atomic E-state index is 12.2. The van der Waals surface area contributed by atoms with Crippen molar-refractivity contribution >= 4 is 22.7 Å². The second-order valence-electron chi connectivity index (χ2n) is 5.88. The Morgan fingerprint density at radius 2 is 2.00 bits per heavy atom. The Kier molecular flexibility index (Phi) is 5.47. The molecule has 0 aliphatic carbocycles. The Morgan fingerprint density at radius 1 is 1.19 bits per heavy atom. The van der Waals surface area contributed by atoms with Crippen LogP contribution in [0, 0.1) is 12.3 Å². The monoisotopic (exact) mass is 345 g/mol. The zero-order valence-electron chi connectivity index (χ0n) is 14.5. The lowest BCUT2D eigenvalue weighted by atomic mass is 10.1. The number of carbonyl (C=O) groups is 1. The number of hydrogen-bond acceptors (Lipinski definition) is 4. The van der Waals surface area contributed by atoms with Crippen LogP contribution in [0.2, 0.25) is 0 Å². The Labute approximate surface area is 152 Å². The highest BCUT2D eigenvalue weighted by molar-refractivity contribution is 5.92. The molecule has 3 aromatic rings. The molecular formula is C21H19N3O2. The Morgan fingerprint density at radius 3 is 2.77 bits per heavy atom. The van der Waals surface area contributed by atoms with Gasteiger partial charge in [0.15, 0.2) is 5.75 Å². The smallest absolute Gasteiger partial charge is 0.408 e. The summed E-state index contributed by atoms with van der Waals surface area (Å²) in [6.07, 6.45) is 6.49. The van der Waals surface area contributed by atoms with Gasteiger partial charge in [0.05, 0.1) is 6.54 Å². The van der Waals surface area contributed by atoms with Crippen LogP contribution in [0.4, 0.5) is 10.5 Å². The summed E-state index contributed by atoms with van der Waals surface area (Å²) in [6.45, 7) is 1.24. The third-order valence-electron chi connectivity index (χ3n) is 3.85. The maximum absolute atomic E-state index is 12.2. The van der Waals surface area contributed by atoms with Crippen molar-refractivity contribution in [1.29, 1.82) is 0 Å². The van der Waals surface area contributed by atoms with Crippen LogP contribution < -0.4 is 10.1 Å². The molecule has 130 valence electrons. The first kappa shape index (κ1) is 17.5. The number of para-hydroxylation sites is 1. The van der Waals surface area contributed by atoms with Crippen LogP contribution in [-0.4, -0.2) is 29.6 Å². The van der Waals surface area contributed by atoms with Gasteiger partial charge in [0.1, 0.15) is 5.52 Å². The molecule has 5 heteroatoms. The Balaban J connectivity index is 1.83. The molecule has 0 atom stereocenters. The normalized spacial score (nSPS) is 10.5. The van der Waals surface area contributed by atoms with E-state index in [1.807, 2.05) is 48.3 Å². The van der Waals surface area contributed by atoms with Crippen molar-refractivity contribution in [2.75, 3.05) is 18.9 Å². The second kappa shape index (κ2) is 8.15. The van der Waals surface area contributed by atoms with E-state index in [0.29, 0.717) is 30.0 Å². The van der Waals surface area contributed by atoms with Gasteiger partial charge in [-0.3, -0.25) is 15.2 Å². The topological polar surface area (TPSA) is 54.5 Å². The van der Waals surface area contributed by atoms with E-state index in [0.717, 1.165) is 10.9 Å². The number of ether oxygens (including phenoxy) is 1. The molecule has 0 aliphatic heterocycles. The first-order valence-corrected chi connectivity index (χ1v) is 8.20. The van der Waals surface area contributed by atoms with Crippen LogP contribution in [0.25, 0.3) is 10.9 Å². The van der Waals surface area contributed by atoms with Crippen LogP contribution in [-0.2, 0) is 6.54 Å². The Hall–Kier alpha value is -3.36. The number of aromatic nitrogens is 1. The number of anilines is 1. The molecule has 26 heavy (non-hydrogen) atoms. The van der Waals surface area contributed by atoms with Crippen LogP contribution in [0.1, 0.15) is 5.56 Å². The van der Waals surface area contributed by atoms with Gasteiger partial charge in [-0.15, -0.1) is 6.42 Å². The number of carbonyl (C=O) groups excluding carboxylic acids is 1. The number of hydrogen-bond donors (Lipinski definition) is 1. The van der Waals surface area contributed by atoms with E-state index in [-0.39, 0.29) is 0 Å². The van der Waals surface area contributed by atoms with E-state index in [4.69, 9.17) is 11.2 Å². The van der Waals surface area contributed by atoms with Crippen LogP contribution >= 0.6 is 0 Å². The Bertz CT molecular complexity index is 948. The number of benzene rings is 2. The minimum Gasteiger partial charge on any atom is -0.408 e. The van der Waals surface area contributed by atoms with E-state index in [1.165, 1.54) is 0 Å². The van der Waals surface area contributed by atoms with Gasteiger partial charge < -0.3 is 4.74 Å². The van der Waals surface area contributed by atoms with Gasteiger partial charge in [-0.1, -0.05) is 36.3 Å². The van der Waals surface area contributed by atoms with Crippen LogP contribution in [0.3, 0.4) is 0 Å². The van der Waals surface area contributed by atoms with Gasteiger partial charge in [0.2, 0.25) is 0 Å². The highest BCUT2D eigenvalue weighted by atomic mass is 16.6. The SMILES string of the molecule is C#CCN(C)Cc1ccc(OC(=O)Nc2ccccc2)c2ncccc12. The van der Waals surface area contributed by atoms with E-state index in [2.05, 4.69) is 16.2 Å². The third-order valence-corrected chi connectivity index (χ3v) is 3.85. The van der Waals surface area contributed by atoms with Crippen molar-refractivity contribution in [3.8, 4) is 18.1 Å². The second-order valence-corrected chi connectivity index (χ2v) is 5.88. The van der Waals surface area contributed by atoms with Gasteiger partial charge >= 0.3 is 6.09 Å². The lowest BCUT2D eigenvalue weighted by Crippen LogP contribution is -2.19. The van der Waals surface area contributed by atoms with E-state index in [9.17, 15) is 4.79 Å². The van der Waals surface area contributed by atoms with E-state index in [1.54, 1.807) is 24.4 Å². The molecule has 0 aliphatic rings. The van der Waals surface area contributed by atoms with Crippen molar-refractivity contribution in [2.45, 2.75) is 6.54 Å². The lowest BCUT2D eigenvalue weighted by molar-refractivity contribution is 0.215. The van der Waals surface area contributed by atoms with Gasteiger partial charge in [-0.2, -0.15) is 0 Å². The largest absolute Gasteiger partial charge is 0.417 e. The predicted molar refractivity (Wildman–Crippen MR) is 103 cm³/mol. The average molecular weight is 345 g/mol. The van der Waals surface area contributed by atoms with Gasteiger partial charge in [-0.25, -0.2) is 4.79 Å². The molecule has 1 amide bonds. The molecule has 3 rings (SSSR count). The molecular weight excluding hydrogens is 326 g/mol. The van der Waals surface area contributed by atoms with Gasteiger partial charge in [-0.05, 0) is 36.9 Å². The molecule has 0 bridgehead atoms. The number of fused-ring (bicyclic) bond motifs is 1. The summed E-state index contributed by atoms with van der Waals surface area (Å²) in [5.74, 6) is 3.04. The first-order chi connectivity index (χ1) is 12.7. The molecule has 1 heterocycles. The molecule has 5 nitrogen and oxygen atoms in total. The molecule has 1 aromatic heterocycles. The third kappa shape index (κ3) is 4.18. The fourth-order valence-corrected chi connectivity index (χ4v) is 2.69. The van der Waals surface area contributed by atoms with Gasteiger partial charge in [0, 0.05) is 23.8 Å². The van der Waals surface area contributed by atoms with Crippen LogP contribution in [0.5, 0.6) is 5.75 Å². The average Bonchev–Trinajstić information content (AvgIpc) is 2.65. The summed E-state index contributed by atoms with van der Waals surface area (Å²) in [7, 11) is 1.96. The molecule has 0 spiro atoms. The number of terminal acetylenes is 1. The highest BCUT2D eigenvalue weighted by Crippen LogP contribution is 2.27. The summed E-state index contributed by atoms with van der Waals surface area (Å²) in [6, 6.07) is 16.7. The number of amides is 1. The molecule has 0 saturated carbocycles. The van der Waals surface area contributed by atoms with E-state index < -0.39 is 6.09 Å².